The van der Waals surface area contributed by atoms with Crippen LogP contribution in [0.3, 0.4) is 0 Å². The summed E-state index contributed by atoms with van der Waals surface area (Å²) in [6.07, 6.45) is 3.53. The molecule has 2 heterocycles. The molecule has 2 aromatic heterocycles. The van der Waals surface area contributed by atoms with E-state index in [9.17, 15) is 0 Å². The molecule has 0 amide bonds. The number of ether oxygens (including phenoxy) is 1. The van der Waals surface area contributed by atoms with Crippen LogP contribution in [0.1, 0.15) is 5.56 Å². The molecule has 0 atom stereocenters. The van der Waals surface area contributed by atoms with Gasteiger partial charge in [0.05, 0.1) is 13.3 Å². The largest absolute Gasteiger partial charge is 0.481 e. The van der Waals surface area contributed by atoms with E-state index in [1.165, 1.54) is 7.11 Å². The molecule has 0 spiro atoms. The van der Waals surface area contributed by atoms with Crippen LogP contribution in [0.15, 0.2) is 18.5 Å². The third-order valence-corrected chi connectivity index (χ3v) is 1.96. The van der Waals surface area contributed by atoms with E-state index in [1.54, 1.807) is 18.5 Å². The van der Waals surface area contributed by atoms with Crippen LogP contribution in [0.25, 0.3) is 0 Å². The summed E-state index contributed by atoms with van der Waals surface area (Å²) < 4.78 is 4.98. The Kier molecular flexibility index (Phi) is 2.86. The number of aromatic amines is 1. The number of hydrogen-bond donors (Lipinski definition) is 3. The predicted octanol–water partition coefficient (Wildman–Crippen LogP) is 0.403. The van der Waals surface area contributed by atoms with Crippen molar-refractivity contribution in [3.63, 3.8) is 0 Å². The fourth-order valence-electron chi connectivity index (χ4n) is 1.20. The molecule has 16 heavy (non-hydrogen) atoms. The van der Waals surface area contributed by atoms with Gasteiger partial charge < -0.3 is 15.8 Å². The monoisotopic (exact) mass is 220 g/mol. The molecule has 7 nitrogen and oxygen atoms in total. The summed E-state index contributed by atoms with van der Waals surface area (Å²) in [5, 5.41) is 9.66. The van der Waals surface area contributed by atoms with Crippen LogP contribution < -0.4 is 15.8 Å². The molecule has 0 radical (unpaired) electrons. The molecule has 4 N–H and O–H groups in total. The molecule has 2 rings (SSSR count). The Labute approximate surface area is 92.1 Å². The Morgan fingerprint density at radius 1 is 1.50 bits per heavy atom. The Bertz CT molecular complexity index is 455. The normalized spacial score (nSPS) is 10.1. The minimum absolute atomic E-state index is 0.175. The molecule has 0 saturated carbocycles. The summed E-state index contributed by atoms with van der Waals surface area (Å²) in [7, 11) is 1.53. The fraction of sp³-hybridized carbons (Fsp3) is 0.222. The maximum Gasteiger partial charge on any atom is 0.225 e. The first-order valence-corrected chi connectivity index (χ1v) is 4.68. The maximum atomic E-state index is 5.52. The number of aromatic nitrogens is 4. The Hall–Kier alpha value is -2.31. The molecule has 0 saturated heterocycles. The van der Waals surface area contributed by atoms with Gasteiger partial charge in [-0.15, -0.1) is 0 Å². The van der Waals surface area contributed by atoms with Crippen LogP contribution in [0.5, 0.6) is 5.88 Å². The molecule has 0 aliphatic rings. The molecule has 84 valence electrons. The highest BCUT2D eigenvalue weighted by Gasteiger charge is 2.02. The maximum absolute atomic E-state index is 5.52. The molecule has 2 aromatic rings. The van der Waals surface area contributed by atoms with E-state index in [2.05, 4.69) is 25.5 Å². The summed E-state index contributed by atoms with van der Waals surface area (Å²) in [4.78, 5) is 7.91. The number of nitrogens with two attached hydrogens (primary N) is 1. The van der Waals surface area contributed by atoms with Gasteiger partial charge in [-0.3, -0.25) is 5.10 Å². The van der Waals surface area contributed by atoms with E-state index in [-0.39, 0.29) is 5.95 Å². The van der Waals surface area contributed by atoms with Gasteiger partial charge in [0.2, 0.25) is 11.8 Å². The van der Waals surface area contributed by atoms with E-state index in [0.717, 1.165) is 5.56 Å². The highest BCUT2D eigenvalue weighted by atomic mass is 16.5. The first kappa shape index (κ1) is 10.2. The average molecular weight is 220 g/mol. The van der Waals surface area contributed by atoms with E-state index >= 15 is 0 Å². The zero-order valence-electron chi connectivity index (χ0n) is 8.77. The number of nitrogens with zero attached hydrogens (tertiary/aromatic N) is 3. The lowest BCUT2D eigenvalue weighted by atomic mass is 10.3. The van der Waals surface area contributed by atoms with E-state index in [0.29, 0.717) is 18.2 Å². The molecule has 0 aliphatic heterocycles. The highest BCUT2D eigenvalue weighted by Crippen LogP contribution is 2.14. The van der Waals surface area contributed by atoms with Crippen LogP contribution in [0.2, 0.25) is 0 Å². The Morgan fingerprint density at radius 2 is 2.38 bits per heavy atom. The summed E-state index contributed by atoms with van der Waals surface area (Å²) >= 11 is 0. The van der Waals surface area contributed by atoms with Crippen molar-refractivity contribution in [1.29, 1.82) is 0 Å². The van der Waals surface area contributed by atoms with Gasteiger partial charge in [0.1, 0.15) is 5.82 Å². The molecule has 7 heteroatoms. The molecule has 0 fully saturated rings. The number of nitrogen functional groups attached to an aromatic ring is 1. The quantitative estimate of drug-likeness (QED) is 0.689. The standard InChI is InChI=1S/C9H12N6O/c1-16-8-2-7(14-9(10)15-8)11-3-6-4-12-13-5-6/h2,4-5H,3H2,1H3,(H,12,13)(H3,10,11,14,15). The summed E-state index contributed by atoms with van der Waals surface area (Å²) in [6.45, 7) is 0.607. The van der Waals surface area contributed by atoms with Gasteiger partial charge in [-0.1, -0.05) is 0 Å². The Morgan fingerprint density at radius 3 is 3.06 bits per heavy atom. The van der Waals surface area contributed by atoms with Gasteiger partial charge >= 0.3 is 0 Å². The fourth-order valence-corrected chi connectivity index (χ4v) is 1.20. The highest BCUT2D eigenvalue weighted by molar-refractivity contribution is 5.43. The minimum atomic E-state index is 0.175. The van der Waals surface area contributed by atoms with Crippen LogP contribution in [-0.2, 0) is 6.54 Å². The number of anilines is 2. The molecular formula is C9H12N6O. The van der Waals surface area contributed by atoms with Crippen molar-refractivity contribution in [2.24, 2.45) is 0 Å². The summed E-state index contributed by atoms with van der Waals surface area (Å²) in [5.41, 5.74) is 6.55. The van der Waals surface area contributed by atoms with Crippen molar-refractivity contribution >= 4 is 11.8 Å². The predicted molar refractivity (Wildman–Crippen MR) is 58.9 cm³/mol. The van der Waals surface area contributed by atoms with Crippen LogP contribution in [-0.4, -0.2) is 27.3 Å². The smallest absolute Gasteiger partial charge is 0.225 e. The number of hydrogen-bond acceptors (Lipinski definition) is 6. The van der Waals surface area contributed by atoms with E-state index in [1.807, 2.05) is 0 Å². The van der Waals surface area contributed by atoms with Crippen LogP contribution >= 0.6 is 0 Å². The van der Waals surface area contributed by atoms with Gasteiger partial charge in [0, 0.05) is 24.4 Å². The number of methoxy groups -OCH3 is 1. The number of nitrogens with one attached hydrogen (secondary N) is 2. The third kappa shape index (κ3) is 2.38. The topological polar surface area (TPSA) is 102 Å². The lowest BCUT2D eigenvalue weighted by Gasteiger charge is -2.06. The molecule has 0 aliphatic carbocycles. The first-order chi connectivity index (χ1) is 7.78. The average Bonchev–Trinajstić information content (AvgIpc) is 2.78. The molecule has 0 bridgehead atoms. The number of H-pyrrole nitrogens is 1. The summed E-state index contributed by atoms with van der Waals surface area (Å²) in [6, 6.07) is 1.68. The third-order valence-electron chi connectivity index (χ3n) is 1.96. The lowest BCUT2D eigenvalue weighted by molar-refractivity contribution is 0.398. The van der Waals surface area contributed by atoms with E-state index in [4.69, 9.17) is 10.5 Å². The minimum Gasteiger partial charge on any atom is -0.481 e. The van der Waals surface area contributed by atoms with Gasteiger partial charge in [-0.05, 0) is 0 Å². The van der Waals surface area contributed by atoms with Crippen molar-refractivity contribution in [2.45, 2.75) is 6.54 Å². The summed E-state index contributed by atoms with van der Waals surface area (Å²) in [5.74, 6) is 1.22. The Balaban J connectivity index is 2.06. The molecule has 0 unspecified atom stereocenters. The number of rotatable bonds is 4. The van der Waals surface area contributed by atoms with Crippen molar-refractivity contribution < 1.29 is 4.74 Å². The van der Waals surface area contributed by atoms with Gasteiger partial charge in [-0.25, -0.2) is 0 Å². The van der Waals surface area contributed by atoms with Crippen molar-refractivity contribution in [3.05, 3.63) is 24.0 Å². The lowest BCUT2D eigenvalue weighted by Crippen LogP contribution is -2.04. The van der Waals surface area contributed by atoms with Gasteiger partial charge in [0.15, 0.2) is 0 Å². The van der Waals surface area contributed by atoms with Crippen molar-refractivity contribution in [2.75, 3.05) is 18.2 Å². The first-order valence-electron chi connectivity index (χ1n) is 4.68. The zero-order chi connectivity index (χ0) is 11.4. The SMILES string of the molecule is COc1cc(NCc2cn[nH]c2)nc(N)n1. The second-order valence-electron chi connectivity index (χ2n) is 3.11. The zero-order valence-corrected chi connectivity index (χ0v) is 8.77. The van der Waals surface area contributed by atoms with Crippen LogP contribution in [0.4, 0.5) is 11.8 Å². The van der Waals surface area contributed by atoms with Crippen LogP contribution in [0, 0.1) is 0 Å². The molecule has 0 aromatic carbocycles. The second-order valence-corrected chi connectivity index (χ2v) is 3.11. The van der Waals surface area contributed by atoms with Crippen molar-refractivity contribution in [1.82, 2.24) is 20.2 Å². The van der Waals surface area contributed by atoms with Crippen molar-refractivity contribution in [3.8, 4) is 5.88 Å². The molecular weight excluding hydrogens is 208 g/mol. The van der Waals surface area contributed by atoms with E-state index < -0.39 is 0 Å². The van der Waals surface area contributed by atoms with Gasteiger partial charge in [-0.2, -0.15) is 15.1 Å². The van der Waals surface area contributed by atoms with Gasteiger partial charge in [0.25, 0.3) is 0 Å². The second kappa shape index (κ2) is 4.47.